The van der Waals surface area contributed by atoms with Crippen molar-refractivity contribution in [2.24, 2.45) is 23.7 Å². The molecule has 38 heavy (non-hydrogen) atoms. The Kier molecular flexibility index (Phi) is 14.6. The number of carboxylic acid groups (broad SMARTS) is 1. The highest BCUT2D eigenvalue weighted by Gasteiger charge is 2.29. The molecule has 1 aliphatic heterocycles. The van der Waals surface area contributed by atoms with E-state index < -0.39 is 18.0 Å². The van der Waals surface area contributed by atoms with Crippen molar-refractivity contribution in [1.29, 1.82) is 0 Å². The van der Waals surface area contributed by atoms with E-state index in [4.69, 9.17) is 9.84 Å². The van der Waals surface area contributed by atoms with Crippen LogP contribution in [0, 0.1) is 23.7 Å². The molecule has 0 unspecified atom stereocenters. The van der Waals surface area contributed by atoms with Crippen LogP contribution >= 0.6 is 0 Å². The zero-order chi connectivity index (χ0) is 28.8. The third kappa shape index (κ3) is 12.5. The third-order valence-electron chi connectivity index (χ3n) is 6.73. The molecule has 0 bridgehead atoms. The molecule has 0 saturated heterocycles. The van der Waals surface area contributed by atoms with Gasteiger partial charge in [-0.25, -0.2) is 9.59 Å². The first kappa shape index (κ1) is 33.0. The van der Waals surface area contributed by atoms with Gasteiger partial charge in [-0.1, -0.05) is 87.8 Å². The second kappa shape index (κ2) is 16.8. The Hall–Kier alpha value is -2.99. The summed E-state index contributed by atoms with van der Waals surface area (Å²) in [5, 5.41) is 19.6. The van der Waals surface area contributed by atoms with Crippen LogP contribution in [0.1, 0.15) is 74.1 Å². The van der Waals surface area contributed by atoms with Crippen molar-refractivity contribution in [2.75, 3.05) is 0 Å². The Morgan fingerprint density at radius 3 is 2.42 bits per heavy atom. The number of esters is 1. The molecule has 6 heteroatoms. The summed E-state index contributed by atoms with van der Waals surface area (Å²) in [5.41, 5.74) is 2.84. The molecular weight excluding hydrogens is 480 g/mol. The molecule has 1 heterocycles. The normalized spacial score (nSPS) is 21.3. The molecule has 0 aromatic rings. The van der Waals surface area contributed by atoms with Gasteiger partial charge >= 0.3 is 11.9 Å². The van der Waals surface area contributed by atoms with E-state index in [1.165, 1.54) is 11.6 Å². The summed E-state index contributed by atoms with van der Waals surface area (Å²) in [6.07, 6.45) is 18.5. The number of cyclic esters (lactones) is 1. The molecule has 6 nitrogen and oxygen atoms in total. The number of carboxylic acids is 1. The Labute approximate surface area is 228 Å². The van der Waals surface area contributed by atoms with Crippen LogP contribution in [0.4, 0.5) is 0 Å². The maximum absolute atomic E-state index is 12.9. The third-order valence-corrected chi connectivity index (χ3v) is 6.73. The maximum Gasteiger partial charge on any atom is 0.331 e. The van der Waals surface area contributed by atoms with Crippen LogP contribution in [0.15, 0.2) is 71.4 Å². The molecule has 0 fully saturated rings. The Bertz CT molecular complexity index is 993. The molecule has 210 valence electrons. The number of hydrogen-bond acceptors (Lipinski definition) is 5. The minimum Gasteiger partial charge on any atom is -0.478 e. The van der Waals surface area contributed by atoms with Gasteiger partial charge in [-0.05, 0) is 51.0 Å². The molecule has 0 spiro atoms. The Balaban J connectivity index is 2.66. The Morgan fingerprint density at radius 2 is 1.82 bits per heavy atom. The standard InChI is InChI=1S/C32H46O6/c1-8-27(15-16-28-13-10-14-30(35)38-28)19-22(3)12-9-11-21(2)17-24(5)31(36)26(7)32(37)25(6)18-23(4)20-29(33)34/h9-11,14-17,19-20,22,24-26,28,32,37H,8,12-13,18H2,1-7H3,(H,33,34)/b11-9+,16-15+,21-17+,23-20+,27-19+/t22-,24-,25-,26+,28-,32-/m1/s1. The largest absolute Gasteiger partial charge is 0.478 e. The number of carbonyl (C=O) groups is 3. The van der Waals surface area contributed by atoms with Crippen molar-refractivity contribution in [3.63, 3.8) is 0 Å². The predicted octanol–water partition coefficient (Wildman–Crippen LogP) is 6.54. The summed E-state index contributed by atoms with van der Waals surface area (Å²) >= 11 is 0. The first-order valence-electron chi connectivity index (χ1n) is 13.6. The quantitative estimate of drug-likeness (QED) is 0.143. The molecule has 2 N–H and O–H groups in total. The van der Waals surface area contributed by atoms with Gasteiger partial charge in [-0.3, -0.25) is 4.79 Å². The van der Waals surface area contributed by atoms with Crippen LogP contribution in [-0.4, -0.2) is 40.1 Å². The van der Waals surface area contributed by atoms with Crippen molar-refractivity contribution >= 4 is 17.7 Å². The summed E-state index contributed by atoms with van der Waals surface area (Å²) in [4.78, 5) is 35.1. The van der Waals surface area contributed by atoms with Crippen LogP contribution in [0.2, 0.25) is 0 Å². The van der Waals surface area contributed by atoms with Crippen molar-refractivity contribution in [1.82, 2.24) is 0 Å². The van der Waals surface area contributed by atoms with Crippen molar-refractivity contribution < 1.29 is 29.3 Å². The van der Waals surface area contributed by atoms with Crippen molar-refractivity contribution in [3.8, 4) is 0 Å². The number of hydrogen-bond donors (Lipinski definition) is 2. The summed E-state index contributed by atoms with van der Waals surface area (Å²) in [7, 11) is 0. The van der Waals surface area contributed by atoms with Gasteiger partial charge in [0, 0.05) is 30.4 Å². The number of aliphatic carboxylic acids is 1. The van der Waals surface area contributed by atoms with Crippen LogP contribution in [0.5, 0.6) is 0 Å². The van der Waals surface area contributed by atoms with Crippen molar-refractivity contribution in [3.05, 3.63) is 71.4 Å². The summed E-state index contributed by atoms with van der Waals surface area (Å²) < 4.78 is 5.28. The number of allylic oxidation sites excluding steroid dienone is 8. The number of ketones is 1. The van der Waals surface area contributed by atoms with E-state index in [9.17, 15) is 19.5 Å². The van der Waals surface area contributed by atoms with E-state index in [0.29, 0.717) is 24.3 Å². The van der Waals surface area contributed by atoms with E-state index in [1.807, 2.05) is 51.2 Å². The lowest BCUT2D eigenvalue weighted by Crippen LogP contribution is -2.34. The summed E-state index contributed by atoms with van der Waals surface area (Å²) in [5.74, 6) is -2.15. The van der Waals surface area contributed by atoms with Crippen LogP contribution < -0.4 is 0 Å². The fourth-order valence-electron chi connectivity index (χ4n) is 4.58. The molecule has 0 aromatic carbocycles. The zero-order valence-electron chi connectivity index (χ0n) is 24.0. The van der Waals surface area contributed by atoms with E-state index in [-0.39, 0.29) is 29.7 Å². The minimum atomic E-state index is -1.01. The van der Waals surface area contributed by atoms with Gasteiger partial charge in [-0.2, -0.15) is 0 Å². The molecule has 1 rings (SSSR count). The molecule has 6 atom stereocenters. The fourth-order valence-corrected chi connectivity index (χ4v) is 4.58. The molecule has 0 radical (unpaired) electrons. The predicted molar refractivity (Wildman–Crippen MR) is 152 cm³/mol. The fraction of sp³-hybridized carbons (Fsp3) is 0.531. The van der Waals surface area contributed by atoms with Crippen LogP contribution in [0.3, 0.4) is 0 Å². The van der Waals surface area contributed by atoms with Gasteiger partial charge in [0.05, 0.1) is 6.10 Å². The molecule has 0 amide bonds. The van der Waals surface area contributed by atoms with Gasteiger partial charge in [0.25, 0.3) is 0 Å². The van der Waals surface area contributed by atoms with E-state index in [1.54, 1.807) is 13.8 Å². The van der Waals surface area contributed by atoms with Gasteiger partial charge in [0.15, 0.2) is 0 Å². The first-order chi connectivity index (χ1) is 17.8. The molecular formula is C32H46O6. The highest BCUT2D eigenvalue weighted by molar-refractivity contribution is 5.85. The maximum atomic E-state index is 12.9. The highest BCUT2D eigenvalue weighted by atomic mass is 16.5. The number of aliphatic hydroxyl groups is 1. The van der Waals surface area contributed by atoms with Crippen molar-refractivity contribution in [2.45, 2.75) is 86.4 Å². The SMILES string of the molecule is CCC(/C=C/[C@H]1CC=CC(=O)O1)=C\[C@H](C)C/C=C/C(C)=C/[C@@H](C)C(=O)[C@H](C)[C@H](O)[C@H](C)C/C(C)=C/C(=O)O. The average Bonchev–Trinajstić information content (AvgIpc) is 2.84. The van der Waals surface area contributed by atoms with E-state index in [0.717, 1.165) is 24.5 Å². The van der Waals surface area contributed by atoms with Gasteiger partial charge in [0.1, 0.15) is 11.9 Å². The lowest BCUT2D eigenvalue weighted by atomic mass is 9.83. The molecule has 0 saturated carbocycles. The smallest absolute Gasteiger partial charge is 0.331 e. The second-order valence-electron chi connectivity index (χ2n) is 10.6. The monoisotopic (exact) mass is 526 g/mol. The number of ether oxygens (including phenoxy) is 1. The van der Waals surface area contributed by atoms with Crippen LogP contribution in [-0.2, 0) is 19.1 Å². The number of aliphatic hydroxyl groups excluding tert-OH is 1. The summed E-state index contributed by atoms with van der Waals surface area (Å²) in [6, 6.07) is 0. The second-order valence-corrected chi connectivity index (χ2v) is 10.6. The van der Waals surface area contributed by atoms with Crippen LogP contribution in [0.25, 0.3) is 0 Å². The molecule has 1 aliphatic rings. The highest BCUT2D eigenvalue weighted by Crippen LogP contribution is 2.24. The van der Waals surface area contributed by atoms with E-state index >= 15 is 0 Å². The number of rotatable bonds is 15. The number of Topliss-reactive ketones (excluding diaryl/α,β-unsaturated/α-hetero) is 1. The average molecular weight is 527 g/mol. The van der Waals surface area contributed by atoms with Gasteiger partial charge in [-0.15, -0.1) is 0 Å². The van der Waals surface area contributed by atoms with E-state index in [2.05, 4.69) is 26.0 Å². The lowest BCUT2D eigenvalue weighted by Gasteiger charge is -2.25. The first-order valence-corrected chi connectivity index (χ1v) is 13.6. The van der Waals surface area contributed by atoms with Gasteiger partial charge in [0.2, 0.25) is 0 Å². The van der Waals surface area contributed by atoms with Gasteiger partial charge < -0.3 is 14.9 Å². The zero-order valence-corrected chi connectivity index (χ0v) is 24.0. The number of carbonyl (C=O) groups excluding carboxylic acids is 2. The summed E-state index contributed by atoms with van der Waals surface area (Å²) in [6.45, 7) is 13.3. The lowest BCUT2D eigenvalue weighted by molar-refractivity contribution is -0.141. The topological polar surface area (TPSA) is 101 Å². The molecule has 0 aliphatic carbocycles. The minimum absolute atomic E-state index is 0.0354. The molecule has 0 aromatic heterocycles. The Morgan fingerprint density at radius 1 is 1.13 bits per heavy atom.